The van der Waals surface area contributed by atoms with Gasteiger partial charge in [0.05, 0.1) is 19.3 Å². The molecule has 2 heterocycles. The van der Waals surface area contributed by atoms with Gasteiger partial charge in [0.2, 0.25) is 0 Å². The van der Waals surface area contributed by atoms with E-state index in [9.17, 15) is 9.59 Å². The standard InChI is InChI=1S/C11H14O6/c1-6-4-15-11-7(5-16-10(6)11)17-9(14)3-2-8(12)13/h2-3,6-7,10-11H,4-5H2,1H3,(H,12,13)/b3-2-. The number of carbonyl (C=O) groups is 2. The molecule has 0 radical (unpaired) electrons. The zero-order valence-corrected chi connectivity index (χ0v) is 9.37. The third-order valence-electron chi connectivity index (χ3n) is 2.89. The molecule has 4 unspecified atom stereocenters. The number of rotatable bonds is 3. The summed E-state index contributed by atoms with van der Waals surface area (Å²) in [7, 11) is 0. The van der Waals surface area contributed by atoms with E-state index in [0.29, 0.717) is 19.1 Å². The Bertz CT molecular complexity index is 350. The number of aliphatic carboxylic acids is 1. The maximum absolute atomic E-state index is 11.3. The number of hydrogen-bond donors (Lipinski definition) is 1. The van der Waals surface area contributed by atoms with Crippen LogP contribution in [-0.2, 0) is 23.8 Å². The van der Waals surface area contributed by atoms with Gasteiger partial charge in [0.25, 0.3) is 0 Å². The van der Waals surface area contributed by atoms with Crippen LogP contribution in [0.15, 0.2) is 12.2 Å². The zero-order chi connectivity index (χ0) is 12.4. The first-order valence-corrected chi connectivity index (χ1v) is 5.42. The van der Waals surface area contributed by atoms with Crippen molar-refractivity contribution in [3.63, 3.8) is 0 Å². The molecule has 2 saturated heterocycles. The molecule has 0 aliphatic carbocycles. The van der Waals surface area contributed by atoms with E-state index in [1.54, 1.807) is 0 Å². The van der Waals surface area contributed by atoms with E-state index in [1.807, 2.05) is 6.92 Å². The monoisotopic (exact) mass is 242 g/mol. The fourth-order valence-electron chi connectivity index (χ4n) is 2.08. The summed E-state index contributed by atoms with van der Waals surface area (Å²) in [5.74, 6) is -1.59. The number of fused-ring (bicyclic) bond motifs is 1. The van der Waals surface area contributed by atoms with Crippen LogP contribution in [0.5, 0.6) is 0 Å². The molecule has 2 fully saturated rings. The first kappa shape index (κ1) is 12.1. The van der Waals surface area contributed by atoms with Gasteiger partial charge < -0.3 is 19.3 Å². The van der Waals surface area contributed by atoms with Crippen LogP contribution in [0.3, 0.4) is 0 Å². The van der Waals surface area contributed by atoms with Crippen molar-refractivity contribution in [2.45, 2.75) is 25.2 Å². The van der Waals surface area contributed by atoms with Gasteiger partial charge in [0.15, 0.2) is 6.10 Å². The van der Waals surface area contributed by atoms with E-state index in [2.05, 4.69) is 0 Å². The van der Waals surface area contributed by atoms with Crippen molar-refractivity contribution in [1.82, 2.24) is 0 Å². The summed E-state index contributed by atoms with van der Waals surface area (Å²) in [5.41, 5.74) is 0. The molecule has 2 aliphatic heterocycles. The summed E-state index contributed by atoms with van der Waals surface area (Å²) in [6.07, 6.45) is 0.918. The fraction of sp³-hybridized carbons (Fsp3) is 0.636. The number of esters is 1. The summed E-state index contributed by atoms with van der Waals surface area (Å²) < 4.78 is 16.1. The van der Waals surface area contributed by atoms with Crippen LogP contribution >= 0.6 is 0 Å². The molecular weight excluding hydrogens is 228 g/mol. The van der Waals surface area contributed by atoms with Gasteiger partial charge in [-0.2, -0.15) is 0 Å². The second-order valence-corrected chi connectivity index (χ2v) is 4.22. The molecule has 0 saturated carbocycles. The van der Waals surface area contributed by atoms with Crippen molar-refractivity contribution in [2.24, 2.45) is 5.92 Å². The summed E-state index contributed by atoms with van der Waals surface area (Å²) in [4.78, 5) is 21.5. The quantitative estimate of drug-likeness (QED) is 0.553. The molecule has 4 atom stereocenters. The SMILES string of the molecule is CC1COC2C(OC(=O)/C=C\C(=O)O)COC12. The van der Waals surface area contributed by atoms with Gasteiger partial charge in [-0.3, -0.25) is 0 Å². The third-order valence-corrected chi connectivity index (χ3v) is 2.89. The van der Waals surface area contributed by atoms with Crippen molar-refractivity contribution in [1.29, 1.82) is 0 Å². The fourth-order valence-corrected chi connectivity index (χ4v) is 2.08. The van der Waals surface area contributed by atoms with E-state index in [0.717, 1.165) is 12.2 Å². The molecule has 0 aromatic rings. The molecule has 6 nitrogen and oxygen atoms in total. The van der Waals surface area contributed by atoms with E-state index < -0.39 is 18.0 Å². The number of carboxylic acid groups (broad SMARTS) is 1. The van der Waals surface area contributed by atoms with Crippen molar-refractivity contribution in [3.8, 4) is 0 Å². The summed E-state index contributed by atoms with van der Waals surface area (Å²) >= 11 is 0. The van der Waals surface area contributed by atoms with Crippen LogP contribution in [0.1, 0.15) is 6.92 Å². The topological polar surface area (TPSA) is 82.1 Å². The van der Waals surface area contributed by atoms with Gasteiger partial charge >= 0.3 is 11.9 Å². The maximum Gasteiger partial charge on any atom is 0.331 e. The number of carbonyl (C=O) groups excluding carboxylic acids is 1. The summed E-state index contributed by atoms with van der Waals surface area (Å²) in [6, 6.07) is 0. The highest BCUT2D eigenvalue weighted by molar-refractivity contribution is 5.90. The van der Waals surface area contributed by atoms with Crippen LogP contribution in [-0.4, -0.2) is 48.6 Å². The van der Waals surface area contributed by atoms with Crippen molar-refractivity contribution < 1.29 is 28.9 Å². The Morgan fingerprint density at radius 1 is 1.24 bits per heavy atom. The minimum Gasteiger partial charge on any atom is -0.478 e. The lowest BCUT2D eigenvalue weighted by molar-refractivity contribution is -0.148. The summed E-state index contributed by atoms with van der Waals surface area (Å²) in [5, 5.41) is 8.36. The van der Waals surface area contributed by atoms with E-state index in [4.69, 9.17) is 19.3 Å². The van der Waals surface area contributed by atoms with Gasteiger partial charge in [-0.25, -0.2) is 9.59 Å². The Hall–Kier alpha value is -1.40. The highest BCUT2D eigenvalue weighted by Gasteiger charge is 2.47. The largest absolute Gasteiger partial charge is 0.478 e. The zero-order valence-electron chi connectivity index (χ0n) is 9.37. The molecular formula is C11H14O6. The number of hydrogen-bond acceptors (Lipinski definition) is 5. The highest BCUT2D eigenvalue weighted by atomic mass is 16.6. The second kappa shape index (κ2) is 4.85. The molecule has 17 heavy (non-hydrogen) atoms. The minimum absolute atomic E-state index is 0.0312. The van der Waals surface area contributed by atoms with Gasteiger partial charge in [0, 0.05) is 18.1 Å². The Kier molecular flexibility index (Phi) is 3.44. The normalized spacial score (nSPS) is 36.1. The van der Waals surface area contributed by atoms with Crippen LogP contribution in [0, 0.1) is 5.92 Å². The lowest BCUT2D eigenvalue weighted by Crippen LogP contribution is -2.32. The Morgan fingerprint density at radius 2 is 1.94 bits per heavy atom. The first-order valence-electron chi connectivity index (χ1n) is 5.42. The molecule has 1 N–H and O–H groups in total. The van der Waals surface area contributed by atoms with Crippen molar-refractivity contribution in [3.05, 3.63) is 12.2 Å². The average molecular weight is 242 g/mol. The molecule has 0 spiro atoms. The first-order chi connectivity index (χ1) is 8.08. The van der Waals surface area contributed by atoms with Crippen molar-refractivity contribution in [2.75, 3.05) is 13.2 Å². The van der Waals surface area contributed by atoms with Gasteiger partial charge in [-0.15, -0.1) is 0 Å². The average Bonchev–Trinajstić information content (AvgIpc) is 2.81. The Morgan fingerprint density at radius 3 is 2.65 bits per heavy atom. The summed E-state index contributed by atoms with van der Waals surface area (Å²) in [6.45, 7) is 2.90. The number of ether oxygens (including phenoxy) is 3. The number of carboxylic acids is 1. The van der Waals surface area contributed by atoms with E-state index in [-0.39, 0.29) is 12.2 Å². The van der Waals surface area contributed by atoms with Crippen LogP contribution in [0.25, 0.3) is 0 Å². The highest BCUT2D eigenvalue weighted by Crippen LogP contribution is 2.32. The molecule has 0 amide bonds. The predicted octanol–water partition coefficient (Wildman–Crippen LogP) is -0.0273. The maximum atomic E-state index is 11.3. The second-order valence-electron chi connectivity index (χ2n) is 4.22. The van der Waals surface area contributed by atoms with Crippen LogP contribution < -0.4 is 0 Å². The molecule has 2 aliphatic rings. The molecule has 2 rings (SSSR count). The third kappa shape index (κ3) is 2.65. The Labute approximate surface area is 98.1 Å². The van der Waals surface area contributed by atoms with Gasteiger partial charge in [-0.05, 0) is 0 Å². The smallest absolute Gasteiger partial charge is 0.331 e. The Balaban J connectivity index is 1.88. The molecule has 94 valence electrons. The molecule has 0 aromatic heterocycles. The van der Waals surface area contributed by atoms with E-state index >= 15 is 0 Å². The molecule has 0 bridgehead atoms. The molecule has 0 aromatic carbocycles. The lowest BCUT2D eigenvalue weighted by atomic mass is 10.0. The molecule has 6 heteroatoms. The minimum atomic E-state index is -1.19. The van der Waals surface area contributed by atoms with Crippen LogP contribution in [0.2, 0.25) is 0 Å². The lowest BCUT2D eigenvalue weighted by Gasteiger charge is -2.15. The van der Waals surface area contributed by atoms with Crippen molar-refractivity contribution >= 4 is 11.9 Å². The van der Waals surface area contributed by atoms with Gasteiger partial charge in [0.1, 0.15) is 6.10 Å². The predicted molar refractivity (Wildman–Crippen MR) is 55.3 cm³/mol. The van der Waals surface area contributed by atoms with Gasteiger partial charge in [-0.1, -0.05) is 6.92 Å². The van der Waals surface area contributed by atoms with E-state index in [1.165, 1.54) is 0 Å². The van der Waals surface area contributed by atoms with Crippen LogP contribution in [0.4, 0.5) is 0 Å².